The van der Waals surface area contributed by atoms with Crippen LogP contribution in [0.25, 0.3) is 33.2 Å². The van der Waals surface area contributed by atoms with Gasteiger partial charge in [0, 0.05) is 29.7 Å². The van der Waals surface area contributed by atoms with Gasteiger partial charge < -0.3 is 15.4 Å². The van der Waals surface area contributed by atoms with Crippen LogP contribution in [0.4, 0.5) is 10.5 Å². The Morgan fingerprint density at radius 3 is 2.34 bits per heavy atom. The van der Waals surface area contributed by atoms with Gasteiger partial charge in [-0.05, 0) is 104 Å². The average molecular weight is 995 g/mol. The molecule has 11 nitrogen and oxygen atoms in total. The van der Waals surface area contributed by atoms with Gasteiger partial charge in [0.05, 0.1) is 18.0 Å². The minimum Gasteiger partial charge on any atom is -0.0456 e. The number of fused-ring (bicyclic) bond motifs is 2. The summed E-state index contributed by atoms with van der Waals surface area (Å²) in [7, 11) is 0. The zero-order chi connectivity index (χ0) is 41.5. The number of hydrogen-bond acceptors (Lipinski definition) is 8. The second-order valence-corrected chi connectivity index (χ2v) is 17.9. The van der Waals surface area contributed by atoms with E-state index in [1.165, 1.54) is 41.1 Å². The minimum absolute atomic E-state index is 0.0574. The van der Waals surface area contributed by atoms with Crippen LogP contribution in [0.2, 0.25) is 4.08 Å². The molecule has 7 rings (SSSR count). The van der Waals surface area contributed by atoms with Crippen molar-refractivity contribution in [1.29, 1.82) is 0 Å². The number of amides is 4. The molecule has 1 aliphatic heterocycles. The van der Waals surface area contributed by atoms with Crippen molar-refractivity contribution >= 4 is 65.3 Å². The molecule has 0 unspecified atom stereocenters. The largest absolute Gasteiger partial charge is 0.0456 e. The van der Waals surface area contributed by atoms with Crippen molar-refractivity contribution in [1.82, 2.24) is 25.7 Å². The molecule has 12 heteroatoms. The van der Waals surface area contributed by atoms with Gasteiger partial charge in [0.1, 0.15) is 0 Å². The van der Waals surface area contributed by atoms with Gasteiger partial charge >= 0.3 is 139 Å². The van der Waals surface area contributed by atoms with E-state index in [4.69, 9.17) is 9.84 Å². The second kappa shape index (κ2) is 19.8. The van der Waals surface area contributed by atoms with E-state index in [9.17, 15) is 19.2 Å². The zero-order valence-corrected chi connectivity index (χ0v) is 37.8. The third-order valence-electron chi connectivity index (χ3n) is 12.4. The van der Waals surface area contributed by atoms with Crippen molar-refractivity contribution < 1.29 is 23.9 Å². The molecule has 1 aromatic heterocycles. The number of carbonyl (C=O) groups excluding carboxylic acids is 4. The Balaban J connectivity index is 1.16. The van der Waals surface area contributed by atoms with Crippen LogP contribution >= 0.6 is 0 Å². The number of carbonyl (C=O) groups is 4. The Morgan fingerprint density at radius 2 is 1.56 bits per heavy atom. The van der Waals surface area contributed by atoms with Crippen LogP contribution < -0.4 is 16.0 Å². The predicted octanol–water partition coefficient (Wildman–Crippen LogP) is 8.22. The molecule has 3 atom stereocenters. The van der Waals surface area contributed by atoms with E-state index in [0.29, 0.717) is 53.8 Å². The van der Waals surface area contributed by atoms with E-state index in [1.54, 1.807) is 0 Å². The number of nitrogens with zero attached hydrogens (tertiary/aromatic N) is 3. The molecule has 1 radical (unpaired) electrons. The SMILES string of the molecule is CCCCNC(=O)OC[C@@H]1[C@@H]2CCc3c(C)nnc(-c4cccc(-c5cc6c7c(ccc(NCCCC)c7c5)C(=O)N(CCNC(=O)CCC[CH2][Po])C6=O)c4)c3CC[C@@H]21. The number of benzene rings is 3. The normalized spacial score (nSPS) is 18.1. The summed E-state index contributed by atoms with van der Waals surface area (Å²) in [5.41, 5.74) is 8.96. The van der Waals surface area contributed by atoms with E-state index in [1.807, 2.05) is 31.2 Å². The molecule has 2 heterocycles. The van der Waals surface area contributed by atoms with Gasteiger partial charge in [0.25, 0.3) is 0 Å². The van der Waals surface area contributed by atoms with Crippen LogP contribution in [0.15, 0.2) is 48.5 Å². The Kier molecular flexibility index (Phi) is 14.3. The van der Waals surface area contributed by atoms with Gasteiger partial charge in [-0.3, -0.25) is 0 Å². The summed E-state index contributed by atoms with van der Waals surface area (Å²) < 4.78 is 6.76. The fraction of sp³-hybridized carbons (Fsp3) is 0.489. The number of rotatable bonds is 18. The molecule has 2 aliphatic carbocycles. The van der Waals surface area contributed by atoms with Crippen LogP contribution in [0.5, 0.6) is 0 Å². The van der Waals surface area contributed by atoms with Crippen LogP contribution in [0.1, 0.15) is 109 Å². The molecule has 1 saturated carbocycles. The first-order chi connectivity index (χ1) is 28.7. The number of hydrogen-bond donors (Lipinski definition) is 3. The summed E-state index contributed by atoms with van der Waals surface area (Å²) in [4.78, 5) is 54.2. The fourth-order valence-corrected chi connectivity index (χ4v) is 9.84. The van der Waals surface area contributed by atoms with Gasteiger partial charge in [-0.1, -0.05) is 44.9 Å². The summed E-state index contributed by atoms with van der Waals surface area (Å²) in [6.07, 6.45) is 9.81. The molecule has 59 heavy (non-hydrogen) atoms. The summed E-state index contributed by atoms with van der Waals surface area (Å²) in [5, 5.41) is 20.3. The van der Waals surface area contributed by atoms with Crippen LogP contribution in [-0.4, -0.2) is 96.8 Å². The quantitative estimate of drug-likeness (QED) is 0.0669. The Labute approximate surface area is 363 Å². The smallest absolute Gasteiger partial charge is 0.0147 e. The first kappa shape index (κ1) is 42.7. The van der Waals surface area contributed by atoms with Crippen LogP contribution in [-0.2, 0) is 22.4 Å². The van der Waals surface area contributed by atoms with E-state index >= 15 is 0 Å². The van der Waals surface area contributed by atoms with E-state index < -0.39 is 0 Å². The van der Waals surface area contributed by atoms with Gasteiger partial charge in [-0.2, -0.15) is 5.10 Å². The number of imide groups is 1. The van der Waals surface area contributed by atoms with E-state index in [-0.39, 0.29) is 36.9 Å². The Morgan fingerprint density at radius 1 is 0.814 bits per heavy atom. The monoisotopic (exact) mass is 994 g/mol. The molecule has 311 valence electrons. The summed E-state index contributed by atoms with van der Waals surface area (Å²) in [6.45, 7) is 8.48. The number of aryl methyl sites for hydroxylation is 1. The van der Waals surface area contributed by atoms with Crippen molar-refractivity contribution in [3.8, 4) is 22.4 Å². The summed E-state index contributed by atoms with van der Waals surface area (Å²) >= 11 is 1.52. The Bertz CT molecular complexity index is 2210. The standard InChI is InChI=1S/C47H57N6O5.Po/c1-5-8-14-42(54)49-23-24-53-45(55)37-19-20-41(48-21-9-6-2)38-26-32(27-39(43(37)38)46(53)56)30-12-11-13-31(25-30)44-36-18-17-35-34(16-15-33(36)29(4)51-52-44)40(35)28-58-47(57)50-22-10-7-3;/h11-13,19-20,25-27,34-35,40,48H,1,5-10,14-18,21-24,28H2,2-4H3,(H,49,54)(H,50,57);/t34-,35+,40-;/m1./s1. The number of alkyl carbamates (subject to hydrolysis) is 1. The number of anilines is 1. The molecule has 0 bridgehead atoms. The van der Waals surface area contributed by atoms with Gasteiger partial charge in [-0.15, -0.1) is 5.10 Å². The first-order valence-electron chi connectivity index (χ1n) is 21.7. The molecular formula is C47H57N6O5Po. The minimum atomic E-state index is -0.357. The van der Waals surface area contributed by atoms with Gasteiger partial charge in [0.15, 0.2) is 0 Å². The first-order valence-corrected chi connectivity index (χ1v) is 23.9. The van der Waals surface area contributed by atoms with Gasteiger partial charge in [0.2, 0.25) is 0 Å². The van der Waals surface area contributed by atoms with Gasteiger partial charge in [-0.25, -0.2) is 4.79 Å². The van der Waals surface area contributed by atoms with E-state index in [2.05, 4.69) is 59.2 Å². The number of nitrogens with one attached hydrogen (secondary N) is 3. The maximum Gasteiger partial charge on any atom is -0.0147 e. The zero-order valence-electron chi connectivity index (χ0n) is 34.7. The maximum atomic E-state index is 14.3. The molecule has 3 aliphatic rings. The van der Waals surface area contributed by atoms with E-state index in [0.717, 1.165) is 114 Å². The van der Waals surface area contributed by atoms with Crippen LogP contribution in [0.3, 0.4) is 0 Å². The molecule has 3 N–H and O–H groups in total. The molecule has 4 aromatic rings. The molecule has 0 saturated heterocycles. The van der Waals surface area contributed by atoms with Crippen molar-refractivity contribution in [3.63, 3.8) is 0 Å². The predicted molar refractivity (Wildman–Crippen MR) is 233 cm³/mol. The molecule has 0 spiro atoms. The number of aromatic nitrogens is 2. The third kappa shape index (κ3) is 9.64. The van der Waals surface area contributed by atoms with Crippen molar-refractivity contribution in [2.24, 2.45) is 17.8 Å². The second-order valence-electron chi connectivity index (χ2n) is 16.3. The van der Waals surface area contributed by atoms with Crippen molar-refractivity contribution in [3.05, 3.63) is 76.5 Å². The summed E-state index contributed by atoms with van der Waals surface area (Å²) in [5.74, 6) is 0.692. The average Bonchev–Trinajstić information content (AvgIpc) is 3.90. The maximum absolute atomic E-state index is 14.3. The molecule has 1 fully saturated rings. The molecular weight excluding hydrogens is 938 g/mol. The van der Waals surface area contributed by atoms with Crippen molar-refractivity contribution in [2.45, 2.75) is 95.5 Å². The molecule has 4 amide bonds. The summed E-state index contributed by atoms with van der Waals surface area (Å²) in [6, 6.07) is 16.1. The molecule has 3 aromatic carbocycles. The number of ether oxygens (including phenoxy) is 1. The number of unbranched alkanes of at least 4 members (excludes halogenated alkanes) is 3. The van der Waals surface area contributed by atoms with Crippen molar-refractivity contribution in [2.75, 3.05) is 38.1 Å². The fourth-order valence-electron chi connectivity index (χ4n) is 9.05. The topological polar surface area (TPSA) is 143 Å². The Hall–Kier alpha value is -4.42. The van der Waals surface area contributed by atoms with Crippen LogP contribution in [0, 0.1) is 24.7 Å². The third-order valence-corrected chi connectivity index (χ3v) is 13.5.